The lowest BCUT2D eigenvalue weighted by atomic mass is 10.1. The molecule has 0 aliphatic rings. The molecule has 0 radical (unpaired) electrons. The van der Waals surface area contributed by atoms with Gasteiger partial charge in [-0.2, -0.15) is 0 Å². The van der Waals surface area contributed by atoms with Crippen LogP contribution in [-0.2, 0) is 6.54 Å². The van der Waals surface area contributed by atoms with Crippen LogP contribution in [-0.4, -0.2) is 25.0 Å². The fourth-order valence-corrected chi connectivity index (χ4v) is 2.25. The second kappa shape index (κ2) is 5.71. The number of nitrogen functional groups attached to an aromatic ring is 1. The number of rotatable bonds is 4. The van der Waals surface area contributed by atoms with Crippen LogP contribution in [0.1, 0.15) is 15.2 Å². The molecule has 3 N–H and O–H groups in total. The smallest absolute Gasteiger partial charge is 0.253 e. The zero-order valence-corrected chi connectivity index (χ0v) is 11.7. The van der Waals surface area contributed by atoms with Gasteiger partial charge >= 0.3 is 0 Å². The Kier molecular flexibility index (Phi) is 4.01. The van der Waals surface area contributed by atoms with Crippen molar-refractivity contribution >= 4 is 28.6 Å². The maximum Gasteiger partial charge on any atom is 0.253 e. The van der Waals surface area contributed by atoms with Gasteiger partial charge in [0, 0.05) is 36.5 Å². The number of aromatic nitrogens is 1. The molecule has 6 heteroatoms. The van der Waals surface area contributed by atoms with E-state index in [0.717, 1.165) is 10.6 Å². The molecular weight excluding hydrogens is 260 g/mol. The van der Waals surface area contributed by atoms with Crippen molar-refractivity contribution in [1.29, 1.82) is 0 Å². The van der Waals surface area contributed by atoms with Crippen LogP contribution >= 0.6 is 11.3 Å². The highest BCUT2D eigenvalue weighted by Crippen LogP contribution is 2.21. The average molecular weight is 276 g/mol. The molecule has 0 saturated carbocycles. The van der Waals surface area contributed by atoms with Gasteiger partial charge in [-0.05, 0) is 18.2 Å². The average Bonchev–Trinajstić information content (AvgIpc) is 2.88. The van der Waals surface area contributed by atoms with E-state index in [-0.39, 0.29) is 5.91 Å². The van der Waals surface area contributed by atoms with Gasteiger partial charge in [0.15, 0.2) is 0 Å². The quantitative estimate of drug-likeness (QED) is 0.834. The minimum atomic E-state index is -0.135. The van der Waals surface area contributed by atoms with Gasteiger partial charge in [0.2, 0.25) is 0 Å². The summed E-state index contributed by atoms with van der Waals surface area (Å²) < 4.78 is 0. The van der Waals surface area contributed by atoms with Crippen LogP contribution in [0.15, 0.2) is 29.9 Å². The SMILES string of the molecule is CN(C)c1ccc(N)cc1C(=O)NCc1cncs1. The summed E-state index contributed by atoms with van der Waals surface area (Å²) >= 11 is 1.51. The molecule has 0 aliphatic heterocycles. The predicted octanol–water partition coefficient (Wildman–Crippen LogP) is 1.72. The van der Waals surface area contributed by atoms with E-state index in [1.807, 2.05) is 25.1 Å². The summed E-state index contributed by atoms with van der Waals surface area (Å²) in [4.78, 5) is 19.1. The molecule has 2 aromatic rings. The number of carbonyl (C=O) groups excluding carboxylic acids is 1. The van der Waals surface area contributed by atoms with Gasteiger partial charge in [0.05, 0.1) is 17.6 Å². The molecule has 1 heterocycles. The van der Waals surface area contributed by atoms with Crippen molar-refractivity contribution in [3.8, 4) is 0 Å². The molecular formula is C13H16N4OS. The van der Waals surface area contributed by atoms with Crippen LogP contribution in [0.5, 0.6) is 0 Å². The Hall–Kier alpha value is -2.08. The Balaban J connectivity index is 2.16. The van der Waals surface area contributed by atoms with E-state index in [1.54, 1.807) is 23.8 Å². The van der Waals surface area contributed by atoms with Gasteiger partial charge in [0.1, 0.15) is 0 Å². The number of nitrogens with two attached hydrogens (primary N) is 1. The molecule has 1 aromatic carbocycles. The first-order valence-corrected chi connectivity index (χ1v) is 6.68. The van der Waals surface area contributed by atoms with E-state index in [1.165, 1.54) is 11.3 Å². The molecule has 0 fully saturated rings. The fraction of sp³-hybridized carbons (Fsp3) is 0.231. The van der Waals surface area contributed by atoms with Crippen LogP contribution in [0.3, 0.4) is 0 Å². The Morgan fingerprint density at radius 3 is 2.89 bits per heavy atom. The highest BCUT2D eigenvalue weighted by molar-refractivity contribution is 7.09. The zero-order chi connectivity index (χ0) is 13.8. The van der Waals surface area contributed by atoms with Crippen molar-refractivity contribution in [2.24, 2.45) is 0 Å². The standard InChI is InChI=1S/C13H16N4OS/c1-17(2)12-4-3-9(14)5-11(12)13(18)16-7-10-6-15-8-19-10/h3-6,8H,7,14H2,1-2H3,(H,16,18). The van der Waals surface area contributed by atoms with E-state index in [2.05, 4.69) is 10.3 Å². The van der Waals surface area contributed by atoms with Gasteiger partial charge in [0.25, 0.3) is 5.91 Å². The number of thiazole rings is 1. The van der Waals surface area contributed by atoms with Gasteiger partial charge in [-0.3, -0.25) is 9.78 Å². The summed E-state index contributed by atoms with van der Waals surface area (Å²) in [7, 11) is 3.79. The Labute approximate surface area is 116 Å². The number of nitrogens with one attached hydrogen (secondary N) is 1. The third-order valence-corrected chi connectivity index (χ3v) is 3.43. The molecule has 100 valence electrons. The first-order valence-electron chi connectivity index (χ1n) is 5.80. The summed E-state index contributed by atoms with van der Waals surface area (Å²) in [5.41, 5.74) is 9.49. The lowest BCUT2D eigenvalue weighted by molar-refractivity contribution is 0.0952. The second-order valence-electron chi connectivity index (χ2n) is 4.32. The van der Waals surface area contributed by atoms with Crippen molar-refractivity contribution in [1.82, 2.24) is 10.3 Å². The number of anilines is 2. The second-order valence-corrected chi connectivity index (χ2v) is 5.29. The summed E-state index contributed by atoms with van der Waals surface area (Å²) in [6.45, 7) is 0.477. The van der Waals surface area contributed by atoms with Gasteiger partial charge in [-0.15, -0.1) is 11.3 Å². The van der Waals surface area contributed by atoms with Crippen LogP contribution in [0.25, 0.3) is 0 Å². The Bertz CT molecular complexity index is 566. The number of nitrogens with zero attached hydrogens (tertiary/aromatic N) is 2. The number of carbonyl (C=O) groups is 1. The monoisotopic (exact) mass is 276 g/mol. The zero-order valence-electron chi connectivity index (χ0n) is 10.9. The lowest BCUT2D eigenvalue weighted by Gasteiger charge is -2.17. The number of hydrogen-bond acceptors (Lipinski definition) is 5. The molecule has 1 amide bonds. The van der Waals surface area contributed by atoms with Crippen molar-refractivity contribution < 1.29 is 4.79 Å². The molecule has 0 unspecified atom stereocenters. The van der Waals surface area contributed by atoms with Crippen LogP contribution < -0.4 is 16.0 Å². The third kappa shape index (κ3) is 3.23. The van der Waals surface area contributed by atoms with Crippen molar-refractivity contribution in [2.75, 3.05) is 24.7 Å². The molecule has 0 bridgehead atoms. The van der Waals surface area contributed by atoms with E-state index in [9.17, 15) is 4.79 Å². The predicted molar refractivity (Wildman–Crippen MR) is 78.5 cm³/mol. The summed E-state index contributed by atoms with van der Waals surface area (Å²) in [6.07, 6.45) is 1.75. The lowest BCUT2D eigenvalue weighted by Crippen LogP contribution is -2.25. The maximum absolute atomic E-state index is 12.2. The highest BCUT2D eigenvalue weighted by atomic mass is 32.1. The van der Waals surface area contributed by atoms with Gasteiger partial charge < -0.3 is 16.0 Å². The Morgan fingerprint density at radius 2 is 2.26 bits per heavy atom. The normalized spacial score (nSPS) is 10.2. The molecule has 1 aromatic heterocycles. The maximum atomic E-state index is 12.2. The van der Waals surface area contributed by atoms with Crippen LogP contribution in [0.4, 0.5) is 11.4 Å². The van der Waals surface area contributed by atoms with Crippen LogP contribution in [0, 0.1) is 0 Å². The molecule has 0 aliphatic carbocycles. The largest absolute Gasteiger partial charge is 0.399 e. The van der Waals surface area contributed by atoms with Crippen LogP contribution in [0.2, 0.25) is 0 Å². The fourth-order valence-electron chi connectivity index (χ4n) is 1.72. The number of hydrogen-bond donors (Lipinski definition) is 2. The van der Waals surface area contributed by atoms with Crippen molar-refractivity contribution in [3.63, 3.8) is 0 Å². The minimum Gasteiger partial charge on any atom is -0.399 e. The number of amides is 1. The third-order valence-electron chi connectivity index (χ3n) is 2.65. The summed E-state index contributed by atoms with van der Waals surface area (Å²) in [6, 6.07) is 5.32. The number of benzene rings is 1. The van der Waals surface area contributed by atoms with Crippen molar-refractivity contribution in [2.45, 2.75) is 6.54 Å². The molecule has 5 nitrogen and oxygen atoms in total. The summed E-state index contributed by atoms with van der Waals surface area (Å²) in [5, 5.41) is 2.87. The van der Waals surface area contributed by atoms with Gasteiger partial charge in [-0.1, -0.05) is 0 Å². The minimum absolute atomic E-state index is 0.135. The van der Waals surface area contributed by atoms with E-state index >= 15 is 0 Å². The molecule has 0 spiro atoms. The van der Waals surface area contributed by atoms with Crippen molar-refractivity contribution in [3.05, 3.63) is 40.3 Å². The Morgan fingerprint density at radius 1 is 1.47 bits per heavy atom. The first-order chi connectivity index (χ1) is 9.08. The molecule has 0 atom stereocenters. The van der Waals surface area contributed by atoms with E-state index < -0.39 is 0 Å². The molecule has 2 rings (SSSR count). The molecule has 19 heavy (non-hydrogen) atoms. The summed E-state index contributed by atoms with van der Waals surface area (Å²) in [5.74, 6) is -0.135. The first kappa shape index (κ1) is 13.4. The highest BCUT2D eigenvalue weighted by Gasteiger charge is 2.13. The topological polar surface area (TPSA) is 71.2 Å². The van der Waals surface area contributed by atoms with E-state index in [4.69, 9.17) is 5.73 Å². The van der Waals surface area contributed by atoms with E-state index in [0.29, 0.717) is 17.8 Å². The molecule has 0 saturated heterocycles. The van der Waals surface area contributed by atoms with Gasteiger partial charge in [-0.25, -0.2) is 0 Å².